The van der Waals surface area contributed by atoms with Gasteiger partial charge in [0.05, 0.1) is 11.0 Å². The van der Waals surface area contributed by atoms with Crippen LogP contribution >= 0.6 is 0 Å². The van der Waals surface area contributed by atoms with E-state index in [1.54, 1.807) is 0 Å². The van der Waals surface area contributed by atoms with Crippen molar-refractivity contribution in [2.45, 2.75) is 94.8 Å². The highest BCUT2D eigenvalue weighted by atomic mass is 16.1. The smallest absolute Gasteiger partial charge is 0.294 e. The number of nitrogens with two attached hydrogens (primary N) is 1. The first-order valence-corrected chi connectivity index (χ1v) is 12.5. The molecule has 2 aliphatic heterocycles. The number of fused-ring (bicyclic) bond motifs is 3. The lowest BCUT2D eigenvalue weighted by molar-refractivity contribution is 0.0498. The second kappa shape index (κ2) is 9.29. The van der Waals surface area contributed by atoms with Gasteiger partial charge in [-0.2, -0.15) is 0 Å². The van der Waals surface area contributed by atoms with Gasteiger partial charge in [0.25, 0.3) is 5.56 Å². The minimum absolute atomic E-state index is 0.0101. The minimum atomic E-state index is 0.0101. The van der Waals surface area contributed by atoms with Crippen molar-refractivity contribution in [1.29, 1.82) is 0 Å². The summed E-state index contributed by atoms with van der Waals surface area (Å²) in [5, 5.41) is 3.17. The monoisotopic (exact) mass is 423 g/mol. The number of hydrogen-bond acceptors (Lipinski definition) is 5. The van der Waals surface area contributed by atoms with Gasteiger partial charge in [-0.15, -0.1) is 0 Å². The zero-order chi connectivity index (χ0) is 21.2. The molecule has 168 valence electrons. The van der Waals surface area contributed by atoms with Gasteiger partial charge in [0, 0.05) is 37.3 Å². The third-order valence-corrected chi connectivity index (χ3v) is 7.86. The third-order valence-electron chi connectivity index (χ3n) is 7.86. The van der Waals surface area contributed by atoms with Gasteiger partial charge in [-0.05, 0) is 50.7 Å². The van der Waals surface area contributed by atoms with E-state index in [-0.39, 0.29) is 11.6 Å². The minimum Gasteiger partial charge on any atom is -0.364 e. The van der Waals surface area contributed by atoms with Crippen LogP contribution in [-0.4, -0.2) is 45.7 Å². The summed E-state index contributed by atoms with van der Waals surface area (Å²) in [5.41, 5.74) is 7.53. The molecule has 6 heteroatoms. The van der Waals surface area contributed by atoms with Crippen LogP contribution in [0.2, 0.25) is 0 Å². The van der Waals surface area contributed by atoms with Gasteiger partial charge in [-0.25, -0.2) is 4.98 Å². The fourth-order valence-electron chi connectivity index (χ4n) is 6.55. The molecule has 3 fully saturated rings. The molecular weight excluding hydrogens is 386 g/mol. The number of hydrogen-bond donors (Lipinski definition) is 2. The Labute approximate surface area is 185 Å². The SMILES string of the molecule is NCCNc1nc2ccccc2n([C@H]2CC3CC[C@@H](C2)N3C2CCCCCCC2)c1=O. The van der Waals surface area contributed by atoms with Crippen LogP contribution in [0.15, 0.2) is 29.1 Å². The normalized spacial score (nSPS) is 27.8. The van der Waals surface area contributed by atoms with Crippen LogP contribution in [0.3, 0.4) is 0 Å². The van der Waals surface area contributed by atoms with Gasteiger partial charge >= 0.3 is 0 Å². The highest BCUT2D eigenvalue weighted by Gasteiger charge is 2.44. The average Bonchev–Trinajstić information content (AvgIpc) is 3.01. The summed E-state index contributed by atoms with van der Waals surface area (Å²) < 4.78 is 2.06. The number of aromatic nitrogens is 2. The lowest BCUT2D eigenvalue weighted by Crippen LogP contribution is -2.50. The summed E-state index contributed by atoms with van der Waals surface area (Å²) in [6, 6.07) is 10.3. The Balaban J connectivity index is 1.44. The maximum atomic E-state index is 13.5. The topological polar surface area (TPSA) is 76.2 Å². The van der Waals surface area contributed by atoms with Crippen molar-refractivity contribution in [3.8, 4) is 0 Å². The molecule has 0 amide bonds. The van der Waals surface area contributed by atoms with Crippen LogP contribution in [0.5, 0.6) is 0 Å². The molecule has 1 saturated carbocycles. The largest absolute Gasteiger partial charge is 0.364 e. The summed E-state index contributed by atoms with van der Waals surface area (Å²) in [6.45, 7) is 1.05. The van der Waals surface area contributed by atoms with Gasteiger partial charge in [-0.3, -0.25) is 9.69 Å². The van der Waals surface area contributed by atoms with E-state index in [0.29, 0.717) is 31.0 Å². The first-order chi connectivity index (χ1) is 15.3. The number of anilines is 1. The number of nitrogens with one attached hydrogen (secondary N) is 1. The molecule has 2 saturated heterocycles. The molecule has 6 nitrogen and oxygen atoms in total. The fraction of sp³-hybridized carbons (Fsp3) is 0.680. The van der Waals surface area contributed by atoms with E-state index < -0.39 is 0 Å². The van der Waals surface area contributed by atoms with E-state index in [0.717, 1.165) is 29.9 Å². The number of para-hydroxylation sites is 2. The summed E-state index contributed by atoms with van der Waals surface area (Å²) in [6.07, 6.45) is 14.4. The molecule has 3 heterocycles. The average molecular weight is 424 g/mol. The summed E-state index contributed by atoms with van der Waals surface area (Å²) in [4.78, 5) is 21.0. The van der Waals surface area contributed by atoms with Crippen LogP contribution in [0.25, 0.3) is 11.0 Å². The first-order valence-electron chi connectivity index (χ1n) is 12.5. The Morgan fingerprint density at radius 1 is 0.903 bits per heavy atom. The van der Waals surface area contributed by atoms with Crippen LogP contribution in [0.1, 0.15) is 76.7 Å². The molecule has 3 aliphatic rings. The first kappa shape index (κ1) is 21.0. The fourth-order valence-corrected chi connectivity index (χ4v) is 6.55. The van der Waals surface area contributed by atoms with Gasteiger partial charge in [0.2, 0.25) is 0 Å². The Morgan fingerprint density at radius 2 is 1.58 bits per heavy atom. The van der Waals surface area contributed by atoms with Gasteiger partial charge < -0.3 is 15.6 Å². The molecule has 31 heavy (non-hydrogen) atoms. The van der Waals surface area contributed by atoms with E-state index >= 15 is 0 Å². The van der Waals surface area contributed by atoms with E-state index in [9.17, 15) is 4.79 Å². The highest BCUT2D eigenvalue weighted by molar-refractivity contribution is 5.76. The zero-order valence-electron chi connectivity index (χ0n) is 18.6. The number of benzene rings is 1. The molecule has 3 N–H and O–H groups in total. The van der Waals surface area contributed by atoms with Crippen molar-refractivity contribution < 1.29 is 0 Å². The second-order valence-electron chi connectivity index (χ2n) is 9.80. The molecule has 2 aromatic rings. The van der Waals surface area contributed by atoms with E-state index in [1.165, 1.54) is 57.8 Å². The Bertz CT molecular complexity index is 935. The van der Waals surface area contributed by atoms with E-state index in [1.807, 2.05) is 18.2 Å². The van der Waals surface area contributed by atoms with Crippen molar-refractivity contribution in [1.82, 2.24) is 14.5 Å². The van der Waals surface area contributed by atoms with Crippen molar-refractivity contribution in [2.24, 2.45) is 5.73 Å². The van der Waals surface area contributed by atoms with Gasteiger partial charge in [0.15, 0.2) is 5.82 Å². The lowest BCUT2D eigenvalue weighted by atomic mass is 9.89. The summed E-state index contributed by atoms with van der Waals surface area (Å²) in [5.74, 6) is 0.443. The molecule has 0 radical (unpaired) electrons. The van der Waals surface area contributed by atoms with Crippen molar-refractivity contribution in [3.63, 3.8) is 0 Å². The molecule has 1 aliphatic carbocycles. The molecule has 3 atom stereocenters. The maximum Gasteiger partial charge on any atom is 0.294 e. The number of nitrogens with zero attached hydrogens (tertiary/aromatic N) is 3. The Kier molecular flexibility index (Phi) is 6.28. The second-order valence-corrected chi connectivity index (χ2v) is 9.80. The van der Waals surface area contributed by atoms with Gasteiger partial charge in [-0.1, -0.05) is 44.2 Å². The van der Waals surface area contributed by atoms with Crippen LogP contribution in [-0.2, 0) is 0 Å². The third kappa shape index (κ3) is 4.12. The van der Waals surface area contributed by atoms with Gasteiger partial charge in [0.1, 0.15) is 0 Å². The molecule has 1 aromatic heterocycles. The predicted octanol–water partition coefficient (Wildman–Crippen LogP) is 4.05. The highest BCUT2D eigenvalue weighted by Crippen LogP contribution is 2.44. The quantitative estimate of drug-likeness (QED) is 0.759. The zero-order valence-corrected chi connectivity index (χ0v) is 18.6. The lowest BCUT2D eigenvalue weighted by Gasteiger charge is -2.45. The standard InChI is InChI=1S/C25H37N5O/c26-14-15-27-24-25(31)30(23-11-7-6-10-22(23)28-24)21-16-19-12-13-20(17-21)29(19)18-8-4-2-1-3-5-9-18/h6-7,10-11,18-21H,1-5,8-9,12-17,26H2,(H,27,28)/t19-,20?,21+/m0/s1. The van der Waals surface area contributed by atoms with Crippen LogP contribution < -0.4 is 16.6 Å². The van der Waals surface area contributed by atoms with Crippen molar-refractivity contribution in [3.05, 3.63) is 34.6 Å². The van der Waals surface area contributed by atoms with Crippen molar-refractivity contribution >= 4 is 16.9 Å². The van der Waals surface area contributed by atoms with E-state index in [2.05, 4.69) is 25.8 Å². The van der Waals surface area contributed by atoms with E-state index in [4.69, 9.17) is 5.73 Å². The van der Waals surface area contributed by atoms with Crippen LogP contribution in [0.4, 0.5) is 5.82 Å². The molecule has 1 unspecified atom stereocenters. The molecule has 0 spiro atoms. The molecule has 1 aromatic carbocycles. The Hall–Kier alpha value is -1.92. The maximum absolute atomic E-state index is 13.5. The molecule has 2 bridgehead atoms. The number of piperidine rings is 1. The van der Waals surface area contributed by atoms with Crippen molar-refractivity contribution in [2.75, 3.05) is 18.4 Å². The number of rotatable bonds is 5. The Morgan fingerprint density at radius 3 is 2.29 bits per heavy atom. The molecule has 5 rings (SSSR count). The summed E-state index contributed by atoms with van der Waals surface area (Å²) in [7, 11) is 0. The van der Waals surface area contributed by atoms with Crippen LogP contribution in [0, 0.1) is 0 Å². The predicted molar refractivity (Wildman–Crippen MR) is 127 cm³/mol. The molecular formula is C25H37N5O. The summed E-state index contributed by atoms with van der Waals surface area (Å²) >= 11 is 0.